The Morgan fingerprint density at radius 3 is 2.88 bits per heavy atom. The molecule has 1 aliphatic rings. The van der Waals surface area contributed by atoms with Gasteiger partial charge in [-0.25, -0.2) is 0 Å². The third-order valence-corrected chi connectivity index (χ3v) is 3.81. The van der Waals surface area contributed by atoms with E-state index in [0.29, 0.717) is 18.4 Å². The van der Waals surface area contributed by atoms with Crippen LogP contribution in [0.3, 0.4) is 0 Å². The molecule has 0 spiro atoms. The summed E-state index contributed by atoms with van der Waals surface area (Å²) >= 11 is 0. The van der Waals surface area contributed by atoms with Crippen molar-refractivity contribution in [1.29, 1.82) is 0 Å². The van der Waals surface area contributed by atoms with Gasteiger partial charge in [-0.3, -0.25) is 0 Å². The van der Waals surface area contributed by atoms with Gasteiger partial charge in [-0.15, -0.1) is 0 Å². The van der Waals surface area contributed by atoms with Gasteiger partial charge < -0.3 is 16.2 Å². The minimum absolute atomic E-state index is 0.315. The molecule has 0 heterocycles. The van der Waals surface area contributed by atoms with Gasteiger partial charge in [0.2, 0.25) is 0 Å². The minimum Gasteiger partial charge on any atom is -0.397 e. The van der Waals surface area contributed by atoms with Crippen molar-refractivity contribution in [1.82, 2.24) is 0 Å². The Balaban J connectivity index is 1.95. The van der Waals surface area contributed by atoms with E-state index in [4.69, 9.17) is 5.73 Å². The number of nitrogen functional groups attached to an aromatic ring is 1. The maximum atomic E-state index is 9.28. The Morgan fingerprint density at radius 2 is 2.12 bits per heavy atom. The molecule has 3 heteroatoms. The Bertz CT molecular complexity index is 378. The number of hydrogen-bond donors (Lipinski definition) is 3. The maximum Gasteiger partial charge on any atom is 0.0576 e. The second-order valence-corrected chi connectivity index (χ2v) is 5.11. The molecule has 4 N–H and O–H groups in total. The zero-order chi connectivity index (χ0) is 12.3. The molecule has 3 nitrogen and oxygen atoms in total. The summed E-state index contributed by atoms with van der Waals surface area (Å²) < 4.78 is 0. The van der Waals surface area contributed by atoms with Crippen LogP contribution in [0.25, 0.3) is 0 Å². The molecule has 0 aliphatic heterocycles. The lowest BCUT2D eigenvalue weighted by Gasteiger charge is -2.19. The monoisotopic (exact) mass is 234 g/mol. The Hall–Kier alpha value is -1.22. The molecule has 0 bridgehead atoms. The van der Waals surface area contributed by atoms with Crippen LogP contribution in [-0.4, -0.2) is 18.3 Å². The fourth-order valence-corrected chi connectivity index (χ4v) is 2.69. The van der Waals surface area contributed by atoms with Gasteiger partial charge in [-0.2, -0.15) is 0 Å². The van der Waals surface area contributed by atoms with E-state index in [0.717, 1.165) is 24.3 Å². The van der Waals surface area contributed by atoms with Crippen LogP contribution in [0.5, 0.6) is 0 Å². The van der Waals surface area contributed by atoms with Crippen molar-refractivity contribution in [3.63, 3.8) is 0 Å². The van der Waals surface area contributed by atoms with Gasteiger partial charge in [0.25, 0.3) is 0 Å². The van der Waals surface area contributed by atoms with Crippen LogP contribution in [0.15, 0.2) is 18.2 Å². The molecule has 0 aromatic heterocycles. The second-order valence-electron chi connectivity index (χ2n) is 5.11. The van der Waals surface area contributed by atoms with E-state index in [9.17, 15) is 5.11 Å². The SMILES string of the molecule is Cc1ccc(N)c(NCC2CCCC2CO)c1. The Kier molecular flexibility index (Phi) is 3.89. The molecule has 2 unspecified atom stereocenters. The van der Waals surface area contributed by atoms with Crippen LogP contribution in [0.4, 0.5) is 11.4 Å². The van der Waals surface area contributed by atoms with Gasteiger partial charge in [0.1, 0.15) is 0 Å². The first-order valence-corrected chi connectivity index (χ1v) is 6.41. The maximum absolute atomic E-state index is 9.28. The van der Waals surface area contributed by atoms with Crippen molar-refractivity contribution in [3.8, 4) is 0 Å². The topological polar surface area (TPSA) is 58.3 Å². The summed E-state index contributed by atoms with van der Waals surface area (Å²) in [6.07, 6.45) is 3.61. The van der Waals surface area contributed by atoms with Gasteiger partial charge in [-0.1, -0.05) is 12.5 Å². The molecular formula is C14H22N2O. The number of nitrogens with one attached hydrogen (secondary N) is 1. The average Bonchev–Trinajstić information content (AvgIpc) is 2.77. The number of anilines is 2. The predicted octanol–water partition coefficient (Wildman–Crippen LogP) is 2.40. The molecule has 1 aromatic carbocycles. The van der Waals surface area contributed by atoms with Crippen molar-refractivity contribution < 1.29 is 5.11 Å². The average molecular weight is 234 g/mol. The van der Waals surface area contributed by atoms with E-state index in [1.54, 1.807) is 0 Å². The standard InChI is InChI=1S/C14H22N2O/c1-10-5-6-13(15)14(7-10)16-8-11-3-2-4-12(11)9-17/h5-7,11-12,16-17H,2-4,8-9,15H2,1H3. The van der Waals surface area contributed by atoms with E-state index in [2.05, 4.69) is 18.3 Å². The van der Waals surface area contributed by atoms with Crippen molar-refractivity contribution in [2.75, 3.05) is 24.2 Å². The van der Waals surface area contributed by atoms with Crippen LogP contribution in [0, 0.1) is 18.8 Å². The van der Waals surface area contributed by atoms with Gasteiger partial charge in [0.15, 0.2) is 0 Å². The first kappa shape index (κ1) is 12.2. The quantitative estimate of drug-likeness (QED) is 0.701. The Morgan fingerprint density at radius 1 is 1.35 bits per heavy atom. The van der Waals surface area contributed by atoms with Gasteiger partial charge in [-0.05, 0) is 49.3 Å². The lowest BCUT2D eigenvalue weighted by atomic mass is 9.97. The summed E-state index contributed by atoms with van der Waals surface area (Å²) in [5, 5.41) is 12.7. The van der Waals surface area contributed by atoms with E-state index < -0.39 is 0 Å². The highest BCUT2D eigenvalue weighted by molar-refractivity contribution is 5.66. The van der Waals surface area contributed by atoms with Crippen LogP contribution in [0.2, 0.25) is 0 Å². The zero-order valence-corrected chi connectivity index (χ0v) is 10.4. The molecule has 94 valence electrons. The molecule has 1 aliphatic carbocycles. The molecule has 1 aromatic rings. The lowest BCUT2D eigenvalue weighted by Crippen LogP contribution is -2.21. The molecule has 1 saturated carbocycles. The summed E-state index contributed by atoms with van der Waals surface area (Å²) in [5.41, 5.74) is 8.97. The van der Waals surface area contributed by atoms with Crippen LogP contribution < -0.4 is 11.1 Å². The molecule has 17 heavy (non-hydrogen) atoms. The molecule has 0 radical (unpaired) electrons. The largest absolute Gasteiger partial charge is 0.397 e. The summed E-state index contributed by atoms with van der Waals surface area (Å²) in [5.74, 6) is 1.05. The molecule has 2 rings (SSSR count). The number of aryl methyl sites for hydroxylation is 1. The highest BCUT2D eigenvalue weighted by Crippen LogP contribution is 2.32. The third kappa shape index (κ3) is 2.91. The van der Waals surface area contributed by atoms with E-state index in [1.165, 1.54) is 18.4 Å². The van der Waals surface area contributed by atoms with E-state index in [1.807, 2.05) is 12.1 Å². The molecule has 0 amide bonds. The minimum atomic E-state index is 0.315. The van der Waals surface area contributed by atoms with Crippen LogP contribution >= 0.6 is 0 Å². The van der Waals surface area contributed by atoms with Gasteiger partial charge in [0.05, 0.1) is 11.4 Å². The van der Waals surface area contributed by atoms with Crippen molar-refractivity contribution in [3.05, 3.63) is 23.8 Å². The third-order valence-electron chi connectivity index (χ3n) is 3.81. The van der Waals surface area contributed by atoms with Gasteiger partial charge >= 0.3 is 0 Å². The molecule has 0 saturated heterocycles. The Labute approximate surface area is 103 Å². The summed E-state index contributed by atoms with van der Waals surface area (Å²) in [4.78, 5) is 0. The number of aliphatic hydroxyl groups excluding tert-OH is 1. The second kappa shape index (κ2) is 5.41. The fourth-order valence-electron chi connectivity index (χ4n) is 2.69. The lowest BCUT2D eigenvalue weighted by molar-refractivity contribution is 0.199. The highest BCUT2D eigenvalue weighted by Gasteiger charge is 2.26. The molecule has 1 fully saturated rings. The highest BCUT2D eigenvalue weighted by atomic mass is 16.3. The smallest absolute Gasteiger partial charge is 0.0576 e. The summed E-state index contributed by atoms with van der Waals surface area (Å²) in [6.45, 7) is 3.30. The number of rotatable bonds is 4. The molecule has 2 atom stereocenters. The first-order valence-electron chi connectivity index (χ1n) is 6.41. The normalized spacial score (nSPS) is 23.9. The zero-order valence-electron chi connectivity index (χ0n) is 10.4. The first-order chi connectivity index (χ1) is 8.20. The number of aliphatic hydroxyl groups is 1. The van der Waals surface area contributed by atoms with Gasteiger partial charge in [0, 0.05) is 13.2 Å². The number of benzene rings is 1. The van der Waals surface area contributed by atoms with E-state index >= 15 is 0 Å². The molecular weight excluding hydrogens is 212 g/mol. The van der Waals surface area contributed by atoms with Crippen molar-refractivity contribution in [2.24, 2.45) is 11.8 Å². The summed E-state index contributed by atoms with van der Waals surface area (Å²) in [6, 6.07) is 6.04. The van der Waals surface area contributed by atoms with Crippen LogP contribution in [0.1, 0.15) is 24.8 Å². The van der Waals surface area contributed by atoms with E-state index in [-0.39, 0.29) is 0 Å². The van der Waals surface area contributed by atoms with Crippen molar-refractivity contribution >= 4 is 11.4 Å². The number of hydrogen-bond acceptors (Lipinski definition) is 3. The fraction of sp³-hybridized carbons (Fsp3) is 0.571. The van der Waals surface area contributed by atoms with Crippen molar-refractivity contribution in [2.45, 2.75) is 26.2 Å². The predicted molar refractivity (Wildman–Crippen MR) is 72.0 cm³/mol. The summed E-state index contributed by atoms with van der Waals surface area (Å²) in [7, 11) is 0. The van der Waals surface area contributed by atoms with Crippen LogP contribution in [-0.2, 0) is 0 Å². The number of nitrogens with two attached hydrogens (primary N) is 1.